The average molecular weight is 304 g/mol. The number of ether oxygens (including phenoxy) is 2. The number of rotatable bonds is 7. The van der Waals surface area contributed by atoms with Gasteiger partial charge < -0.3 is 19.3 Å². The lowest BCUT2D eigenvalue weighted by atomic mass is 10.1. The summed E-state index contributed by atoms with van der Waals surface area (Å²) in [6.45, 7) is 7.30. The standard InChI is InChI=1S/C16H20N2O4/c1-4-17-16(19)12-10-14(22-18-12)11-7-8-13(20-5-2)15(9-11)21-6-3/h7-10H,4-6H2,1-3H3,(H,17,19). The largest absolute Gasteiger partial charge is 0.490 e. The molecule has 1 heterocycles. The van der Waals surface area contributed by atoms with Crippen LogP contribution in [0.1, 0.15) is 31.3 Å². The monoisotopic (exact) mass is 304 g/mol. The number of hydrogen-bond donors (Lipinski definition) is 1. The summed E-state index contributed by atoms with van der Waals surface area (Å²) in [6, 6.07) is 7.08. The number of carbonyl (C=O) groups is 1. The van der Waals surface area contributed by atoms with Crippen LogP contribution in [0.5, 0.6) is 11.5 Å². The normalized spacial score (nSPS) is 10.3. The molecule has 118 valence electrons. The Balaban J connectivity index is 2.28. The quantitative estimate of drug-likeness (QED) is 0.851. The van der Waals surface area contributed by atoms with E-state index >= 15 is 0 Å². The zero-order valence-electron chi connectivity index (χ0n) is 13.0. The maximum absolute atomic E-state index is 11.7. The van der Waals surface area contributed by atoms with Crippen molar-refractivity contribution in [2.75, 3.05) is 19.8 Å². The number of hydrogen-bond acceptors (Lipinski definition) is 5. The minimum Gasteiger partial charge on any atom is -0.490 e. The lowest BCUT2D eigenvalue weighted by molar-refractivity contribution is 0.0947. The maximum atomic E-state index is 11.7. The molecule has 2 aromatic rings. The number of nitrogens with one attached hydrogen (secondary N) is 1. The van der Waals surface area contributed by atoms with Gasteiger partial charge in [0.2, 0.25) is 0 Å². The third kappa shape index (κ3) is 3.58. The van der Waals surface area contributed by atoms with Crippen molar-refractivity contribution in [1.29, 1.82) is 0 Å². The van der Waals surface area contributed by atoms with Gasteiger partial charge in [0, 0.05) is 18.2 Å². The topological polar surface area (TPSA) is 73.6 Å². The van der Waals surface area contributed by atoms with Gasteiger partial charge in [-0.15, -0.1) is 0 Å². The predicted octanol–water partition coefficient (Wildman–Crippen LogP) is 2.89. The van der Waals surface area contributed by atoms with Crippen LogP contribution in [0, 0.1) is 0 Å². The molecule has 0 atom stereocenters. The molecule has 0 saturated carbocycles. The van der Waals surface area contributed by atoms with E-state index in [1.54, 1.807) is 6.07 Å². The van der Waals surface area contributed by atoms with Crippen LogP contribution in [0.25, 0.3) is 11.3 Å². The van der Waals surface area contributed by atoms with Crippen LogP contribution >= 0.6 is 0 Å². The highest BCUT2D eigenvalue weighted by molar-refractivity contribution is 5.93. The van der Waals surface area contributed by atoms with E-state index in [4.69, 9.17) is 14.0 Å². The molecule has 1 aromatic carbocycles. The molecule has 6 nitrogen and oxygen atoms in total. The Bertz CT molecular complexity index is 637. The van der Waals surface area contributed by atoms with E-state index < -0.39 is 0 Å². The Morgan fingerprint density at radius 3 is 2.55 bits per heavy atom. The lowest BCUT2D eigenvalue weighted by Crippen LogP contribution is -2.22. The Kier molecular flexibility index (Phi) is 5.41. The van der Waals surface area contributed by atoms with E-state index in [0.717, 1.165) is 5.56 Å². The summed E-state index contributed by atoms with van der Waals surface area (Å²) in [6.07, 6.45) is 0. The van der Waals surface area contributed by atoms with Gasteiger partial charge in [-0.2, -0.15) is 0 Å². The van der Waals surface area contributed by atoms with Crippen LogP contribution in [-0.4, -0.2) is 30.8 Å². The smallest absolute Gasteiger partial charge is 0.273 e. The van der Waals surface area contributed by atoms with Crippen molar-refractivity contribution in [1.82, 2.24) is 10.5 Å². The van der Waals surface area contributed by atoms with Gasteiger partial charge in [-0.1, -0.05) is 5.16 Å². The van der Waals surface area contributed by atoms with Crippen molar-refractivity contribution < 1.29 is 18.8 Å². The van der Waals surface area contributed by atoms with Crippen LogP contribution < -0.4 is 14.8 Å². The molecule has 0 fully saturated rings. The van der Waals surface area contributed by atoms with Gasteiger partial charge in [-0.25, -0.2) is 0 Å². The molecule has 2 rings (SSSR count). The van der Waals surface area contributed by atoms with Crippen molar-refractivity contribution in [3.05, 3.63) is 30.0 Å². The number of aromatic nitrogens is 1. The molecule has 22 heavy (non-hydrogen) atoms. The molecule has 0 spiro atoms. The molecular weight excluding hydrogens is 284 g/mol. The first-order chi connectivity index (χ1) is 10.7. The molecule has 1 N–H and O–H groups in total. The Morgan fingerprint density at radius 1 is 1.14 bits per heavy atom. The van der Waals surface area contributed by atoms with Crippen LogP contribution in [-0.2, 0) is 0 Å². The highest BCUT2D eigenvalue weighted by Gasteiger charge is 2.15. The van der Waals surface area contributed by atoms with Gasteiger partial charge in [-0.3, -0.25) is 4.79 Å². The number of carbonyl (C=O) groups excluding carboxylic acids is 1. The number of benzene rings is 1. The first kappa shape index (κ1) is 15.9. The van der Waals surface area contributed by atoms with E-state index in [1.807, 2.05) is 39.0 Å². The van der Waals surface area contributed by atoms with E-state index in [1.165, 1.54) is 0 Å². The third-order valence-corrected chi connectivity index (χ3v) is 2.91. The summed E-state index contributed by atoms with van der Waals surface area (Å²) >= 11 is 0. The molecule has 0 unspecified atom stereocenters. The summed E-state index contributed by atoms with van der Waals surface area (Å²) in [4.78, 5) is 11.7. The molecule has 0 bridgehead atoms. The Morgan fingerprint density at radius 2 is 1.86 bits per heavy atom. The lowest BCUT2D eigenvalue weighted by Gasteiger charge is -2.11. The highest BCUT2D eigenvalue weighted by Crippen LogP contribution is 2.33. The van der Waals surface area contributed by atoms with E-state index in [-0.39, 0.29) is 11.6 Å². The fraction of sp³-hybridized carbons (Fsp3) is 0.375. The fourth-order valence-corrected chi connectivity index (χ4v) is 1.97. The fourth-order valence-electron chi connectivity index (χ4n) is 1.97. The average Bonchev–Trinajstić information content (AvgIpc) is 3.00. The van der Waals surface area contributed by atoms with Gasteiger partial charge in [-0.05, 0) is 39.0 Å². The minimum atomic E-state index is -0.256. The van der Waals surface area contributed by atoms with E-state index in [2.05, 4.69) is 10.5 Å². The maximum Gasteiger partial charge on any atom is 0.273 e. The second-order valence-corrected chi connectivity index (χ2v) is 4.46. The molecule has 1 aromatic heterocycles. The van der Waals surface area contributed by atoms with Gasteiger partial charge in [0.1, 0.15) is 0 Å². The molecular formula is C16H20N2O4. The Hall–Kier alpha value is -2.50. The summed E-state index contributed by atoms with van der Waals surface area (Å²) in [7, 11) is 0. The number of nitrogens with zero attached hydrogens (tertiary/aromatic N) is 1. The van der Waals surface area contributed by atoms with Crippen molar-refractivity contribution in [3.8, 4) is 22.8 Å². The van der Waals surface area contributed by atoms with Crippen LogP contribution in [0.3, 0.4) is 0 Å². The molecule has 0 aliphatic rings. The van der Waals surface area contributed by atoms with Crippen molar-refractivity contribution >= 4 is 5.91 Å². The van der Waals surface area contributed by atoms with Crippen molar-refractivity contribution in [2.45, 2.75) is 20.8 Å². The SMILES string of the molecule is CCNC(=O)c1cc(-c2ccc(OCC)c(OCC)c2)on1. The van der Waals surface area contributed by atoms with E-state index in [0.29, 0.717) is 37.0 Å². The van der Waals surface area contributed by atoms with E-state index in [9.17, 15) is 4.79 Å². The summed E-state index contributed by atoms with van der Waals surface area (Å²) in [5.41, 5.74) is 1.03. The van der Waals surface area contributed by atoms with Crippen molar-refractivity contribution in [2.24, 2.45) is 0 Å². The van der Waals surface area contributed by atoms with Gasteiger partial charge in [0.25, 0.3) is 5.91 Å². The van der Waals surface area contributed by atoms with Gasteiger partial charge in [0.05, 0.1) is 13.2 Å². The first-order valence-electron chi connectivity index (χ1n) is 7.34. The predicted molar refractivity (Wildman–Crippen MR) is 82.3 cm³/mol. The third-order valence-electron chi connectivity index (χ3n) is 2.91. The number of amides is 1. The summed E-state index contributed by atoms with van der Waals surface area (Å²) < 4.78 is 16.3. The molecule has 0 aliphatic heterocycles. The van der Waals surface area contributed by atoms with Crippen LogP contribution in [0.2, 0.25) is 0 Å². The van der Waals surface area contributed by atoms with Crippen molar-refractivity contribution in [3.63, 3.8) is 0 Å². The summed E-state index contributed by atoms with van der Waals surface area (Å²) in [5.74, 6) is 1.56. The second-order valence-electron chi connectivity index (χ2n) is 4.46. The van der Waals surface area contributed by atoms with Gasteiger partial charge in [0.15, 0.2) is 23.0 Å². The summed E-state index contributed by atoms with van der Waals surface area (Å²) in [5, 5.41) is 6.46. The van der Waals surface area contributed by atoms with Crippen LogP contribution in [0.15, 0.2) is 28.8 Å². The molecule has 6 heteroatoms. The zero-order valence-corrected chi connectivity index (χ0v) is 13.0. The second kappa shape index (κ2) is 7.49. The first-order valence-corrected chi connectivity index (χ1v) is 7.34. The molecule has 0 radical (unpaired) electrons. The molecule has 0 aliphatic carbocycles. The molecule has 0 saturated heterocycles. The Labute approximate surface area is 129 Å². The zero-order chi connectivity index (χ0) is 15.9. The highest BCUT2D eigenvalue weighted by atomic mass is 16.5. The molecule has 1 amide bonds. The minimum absolute atomic E-state index is 0.253. The van der Waals surface area contributed by atoms with Crippen LogP contribution in [0.4, 0.5) is 0 Å². The van der Waals surface area contributed by atoms with Gasteiger partial charge >= 0.3 is 0 Å².